The molecule has 1 aliphatic heterocycles. The number of hydrogen-bond acceptors (Lipinski definition) is 5. The summed E-state index contributed by atoms with van der Waals surface area (Å²) >= 11 is 0. The molecule has 0 amide bonds. The van der Waals surface area contributed by atoms with Crippen LogP contribution in [0.1, 0.15) is 21.5 Å². The zero-order chi connectivity index (χ0) is 19.9. The Kier molecular flexibility index (Phi) is 6.85. The molecule has 0 atom stereocenters. The molecule has 2 aromatic rings. The first kappa shape index (κ1) is 20.1. The minimum atomic E-state index is -0.106. The lowest BCUT2D eigenvalue weighted by Gasteiger charge is -2.32. The molecule has 0 aliphatic carbocycles. The fourth-order valence-electron chi connectivity index (χ4n) is 3.35. The average Bonchev–Trinajstić information content (AvgIpc) is 2.74. The van der Waals surface area contributed by atoms with Crippen molar-refractivity contribution < 1.29 is 14.3 Å². The fraction of sp³-hybridized carbons (Fsp3) is 0.348. The van der Waals surface area contributed by atoms with Crippen LogP contribution >= 0.6 is 0 Å². The summed E-state index contributed by atoms with van der Waals surface area (Å²) in [5, 5.41) is 0. The lowest BCUT2D eigenvalue weighted by molar-refractivity contribution is 0.104. The van der Waals surface area contributed by atoms with Gasteiger partial charge in [0.15, 0.2) is 5.78 Å². The van der Waals surface area contributed by atoms with Gasteiger partial charge in [0.05, 0.1) is 19.8 Å². The molecule has 28 heavy (non-hydrogen) atoms. The van der Waals surface area contributed by atoms with Crippen molar-refractivity contribution in [2.24, 2.45) is 0 Å². The number of likely N-dealkylation sites (N-methyl/N-ethyl adjacent to an activating group) is 1. The average molecular weight is 380 g/mol. The van der Waals surface area contributed by atoms with Gasteiger partial charge in [-0.3, -0.25) is 9.69 Å². The third-order valence-corrected chi connectivity index (χ3v) is 5.13. The number of ketones is 1. The van der Waals surface area contributed by atoms with Crippen molar-refractivity contribution in [3.63, 3.8) is 0 Å². The number of rotatable bonds is 7. The highest BCUT2D eigenvalue weighted by Crippen LogP contribution is 2.25. The van der Waals surface area contributed by atoms with Gasteiger partial charge in [-0.25, -0.2) is 0 Å². The summed E-state index contributed by atoms with van der Waals surface area (Å²) in [6, 6.07) is 13.5. The van der Waals surface area contributed by atoms with E-state index in [1.54, 1.807) is 38.5 Å². The van der Waals surface area contributed by atoms with Gasteiger partial charge in [-0.1, -0.05) is 30.3 Å². The summed E-state index contributed by atoms with van der Waals surface area (Å²) in [5.41, 5.74) is 2.79. The first-order valence-corrected chi connectivity index (χ1v) is 9.54. The van der Waals surface area contributed by atoms with Crippen LogP contribution in [0.3, 0.4) is 0 Å². The maximum atomic E-state index is 12.8. The molecular weight excluding hydrogens is 352 g/mol. The number of nitrogens with zero attached hydrogens (tertiary/aromatic N) is 2. The first-order valence-electron chi connectivity index (χ1n) is 9.54. The summed E-state index contributed by atoms with van der Waals surface area (Å²) in [5.74, 6) is 1.07. The number of piperazine rings is 1. The third kappa shape index (κ3) is 5.00. The number of ether oxygens (including phenoxy) is 2. The second kappa shape index (κ2) is 9.53. The molecule has 148 valence electrons. The Morgan fingerprint density at radius 2 is 1.79 bits per heavy atom. The number of carbonyl (C=O) groups excluding carboxylic acids is 1. The maximum Gasteiger partial charge on any atom is 0.189 e. The van der Waals surface area contributed by atoms with Gasteiger partial charge in [-0.2, -0.15) is 0 Å². The minimum Gasteiger partial charge on any atom is -0.497 e. The van der Waals surface area contributed by atoms with Crippen LogP contribution in [-0.4, -0.2) is 63.0 Å². The number of benzene rings is 2. The predicted octanol–water partition coefficient (Wildman–Crippen LogP) is 3.35. The summed E-state index contributed by atoms with van der Waals surface area (Å²) in [4.78, 5) is 17.6. The Morgan fingerprint density at radius 1 is 1.04 bits per heavy atom. The van der Waals surface area contributed by atoms with E-state index in [9.17, 15) is 4.79 Å². The third-order valence-electron chi connectivity index (χ3n) is 5.13. The van der Waals surface area contributed by atoms with E-state index in [4.69, 9.17) is 9.47 Å². The molecule has 2 aromatic carbocycles. The Morgan fingerprint density at radius 3 is 2.50 bits per heavy atom. The second-order valence-electron chi connectivity index (χ2n) is 7.04. The number of allylic oxidation sites excluding steroid dienone is 1. The molecule has 1 heterocycles. The zero-order valence-electron chi connectivity index (χ0n) is 16.9. The van der Waals surface area contributed by atoms with Gasteiger partial charge < -0.3 is 14.4 Å². The summed E-state index contributed by atoms with van der Waals surface area (Å²) in [6.45, 7) is 5.20. The van der Waals surface area contributed by atoms with E-state index < -0.39 is 0 Å². The Labute approximate surface area is 167 Å². The lowest BCUT2D eigenvalue weighted by Crippen LogP contribution is -2.43. The van der Waals surface area contributed by atoms with Gasteiger partial charge in [0.1, 0.15) is 11.5 Å². The van der Waals surface area contributed by atoms with Crippen molar-refractivity contribution in [2.75, 3.05) is 47.4 Å². The van der Waals surface area contributed by atoms with Crippen LogP contribution in [0.5, 0.6) is 11.5 Å². The predicted molar refractivity (Wildman–Crippen MR) is 112 cm³/mol. The number of hydrogen-bond donors (Lipinski definition) is 0. The molecule has 0 radical (unpaired) electrons. The first-order chi connectivity index (χ1) is 13.6. The maximum absolute atomic E-state index is 12.8. The molecule has 1 fully saturated rings. The molecule has 0 spiro atoms. The van der Waals surface area contributed by atoms with E-state index >= 15 is 0 Å². The monoisotopic (exact) mass is 380 g/mol. The summed E-state index contributed by atoms with van der Waals surface area (Å²) in [6.07, 6.45) is 3.51. The lowest BCUT2D eigenvalue weighted by atomic mass is 10.0. The molecule has 5 heteroatoms. The van der Waals surface area contributed by atoms with Crippen LogP contribution in [0.2, 0.25) is 0 Å². The Balaban J connectivity index is 1.76. The number of methoxy groups -OCH3 is 2. The van der Waals surface area contributed by atoms with E-state index in [-0.39, 0.29) is 5.78 Å². The fourth-order valence-corrected chi connectivity index (χ4v) is 3.35. The van der Waals surface area contributed by atoms with E-state index in [1.807, 2.05) is 12.1 Å². The molecule has 0 saturated carbocycles. The Hall–Kier alpha value is -2.63. The standard InChI is InChI=1S/C23H28N2O3/c1-24-12-14-25(15-13-24)17-19-7-5-4-6-18(19)8-10-22(26)21-16-20(27-2)9-11-23(21)28-3/h4-11,16H,12-15,17H2,1-3H3. The van der Waals surface area contributed by atoms with Gasteiger partial charge in [0.2, 0.25) is 0 Å². The summed E-state index contributed by atoms with van der Waals surface area (Å²) in [7, 11) is 5.31. The van der Waals surface area contributed by atoms with Crippen LogP contribution in [-0.2, 0) is 6.54 Å². The molecular formula is C23H28N2O3. The van der Waals surface area contributed by atoms with Crippen LogP contribution in [0, 0.1) is 0 Å². The van der Waals surface area contributed by atoms with Crippen molar-refractivity contribution in [1.82, 2.24) is 9.80 Å². The summed E-state index contributed by atoms with van der Waals surface area (Å²) < 4.78 is 10.6. The Bertz CT molecular complexity index is 839. The van der Waals surface area contributed by atoms with Crippen molar-refractivity contribution in [3.8, 4) is 11.5 Å². The quantitative estimate of drug-likeness (QED) is 0.544. The minimum absolute atomic E-state index is 0.106. The van der Waals surface area contributed by atoms with E-state index in [2.05, 4.69) is 35.0 Å². The van der Waals surface area contributed by atoms with E-state index in [1.165, 1.54) is 5.56 Å². The van der Waals surface area contributed by atoms with Crippen molar-refractivity contribution in [3.05, 3.63) is 65.2 Å². The molecule has 0 N–H and O–H groups in total. The highest BCUT2D eigenvalue weighted by atomic mass is 16.5. The molecule has 0 bridgehead atoms. The molecule has 1 aliphatic rings. The zero-order valence-corrected chi connectivity index (χ0v) is 16.9. The van der Waals surface area contributed by atoms with Crippen molar-refractivity contribution >= 4 is 11.9 Å². The van der Waals surface area contributed by atoms with Crippen LogP contribution in [0.15, 0.2) is 48.5 Å². The van der Waals surface area contributed by atoms with Gasteiger partial charge >= 0.3 is 0 Å². The largest absolute Gasteiger partial charge is 0.497 e. The van der Waals surface area contributed by atoms with Gasteiger partial charge in [0, 0.05) is 32.7 Å². The normalized spacial score (nSPS) is 15.7. The van der Waals surface area contributed by atoms with Crippen molar-refractivity contribution in [2.45, 2.75) is 6.54 Å². The van der Waals surface area contributed by atoms with Gasteiger partial charge in [-0.05, 0) is 42.4 Å². The highest BCUT2D eigenvalue weighted by Gasteiger charge is 2.15. The highest BCUT2D eigenvalue weighted by molar-refractivity contribution is 6.09. The number of carbonyl (C=O) groups is 1. The van der Waals surface area contributed by atoms with Gasteiger partial charge in [0.25, 0.3) is 0 Å². The molecule has 0 aromatic heterocycles. The molecule has 3 rings (SSSR count). The second-order valence-corrected chi connectivity index (χ2v) is 7.04. The van der Waals surface area contributed by atoms with Gasteiger partial charge in [-0.15, -0.1) is 0 Å². The van der Waals surface area contributed by atoms with Crippen LogP contribution in [0.25, 0.3) is 6.08 Å². The van der Waals surface area contributed by atoms with E-state index in [0.717, 1.165) is 38.3 Å². The molecule has 1 saturated heterocycles. The molecule has 0 unspecified atom stereocenters. The topological polar surface area (TPSA) is 42.0 Å². The van der Waals surface area contributed by atoms with Crippen molar-refractivity contribution in [1.29, 1.82) is 0 Å². The van der Waals surface area contributed by atoms with Crippen LogP contribution < -0.4 is 9.47 Å². The smallest absolute Gasteiger partial charge is 0.189 e. The van der Waals surface area contributed by atoms with E-state index in [0.29, 0.717) is 17.1 Å². The van der Waals surface area contributed by atoms with Crippen LogP contribution in [0.4, 0.5) is 0 Å². The molecule has 5 nitrogen and oxygen atoms in total. The SMILES string of the molecule is COc1ccc(OC)c(C(=O)C=Cc2ccccc2CN2CCN(C)CC2)c1.